The molecule has 1 aliphatic carbocycles. The van der Waals surface area contributed by atoms with Crippen LogP contribution in [0.5, 0.6) is 0 Å². The highest BCUT2D eigenvalue weighted by Gasteiger charge is 2.22. The van der Waals surface area contributed by atoms with Crippen molar-refractivity contribution < 1.29 is 0 Å². The second kappa shape index (κ2) is 4.78. The van der Waals surface area contributed by atoms with Crippen LogP contribution in [0.1, 0.15) is 24.0 Å². The monoisotopic (exact) mass is 266 g/mol. The van der Waals surface area contributed by atoms with Crippen LogP contribution in [0.4, 0.5) is 11.6 Å². The largest absolute Gasteiger partial charge is 0.367 e. The highest BCUT2D eigenvalue weighted by molar-refractivity contribution is 5.51. The molecular weight excluding hydrogens is 248 g/mol. The molecule has 0 spiro atoms. The van der Waals surface area contributed by atoms with Crippen molar-refractivity contribution in [3.63, 3.8) is 0 Å². The van der Waals surface area contributed by atoms with Crippen molar-refractivity contribution in [3.05, 3.63) is 47.8 Å². The highest BCUT2D eigenvalue weighted by atomic mass is 15.2. The molecule has 0 amide bonds. The molecule has 0 atom stereocenters. The molecule has 4 nitrogen and oxygen atoms in total. The molecule has 2 heterocycles. The van der Waals surface area contributed by atoms with Crippen LogP contribution >= 0.6 is 0 Å². The summed E-state index contributed by atoms with van der Waals surface area (Å²) in [5.41, 5.74) is 2.88. The van der Waals surface area contributed by atoms with Crippen LogP contribution in [0.2, 0.25) is 0 Å². The van der Waals surface area contributed by atoms with Gasteiger partial charge in [0.2, 0.25) is 0 Å². The topological polar surface area (TPSA) is 41.0 Å². The third-order valence-corrected chi connectivity index (χ3v) is 4.04. The Hall–Kier alpha value is -2.10. The highest BCUT2D eigenvalue weighted by Crippen LogP contribution is 2.27. The van der Waals surface area contributed by atoms with Crippen LogP contribution in [-0.2, 0) is 13.0 Å². The summed E-state index contributed by atoms with van der Waals surface area (Å²) in [5, 5.41) is 3.44. The number of nitrogens with one attached hydrogen (secondary N) is 1. The summed E-state index contributed by atoms with van der Waals surface area (Å²) in [4.78, 5) is 11.1. The van der Waals surface area contributed by atoms with Gasteiger partial charge in [0.05, 0.1) is 0 Å². The van der Waals surface area contributed by atoms with E-state index in [0.29, 0.717) is 6.04 Å². The van der Waals surface area contributed by atoms with Gasteiger partial charge in [0.1, 0.15) is 18.0 Å². The first-order valence-corrected chi connectivity index (χ1v) is 7.29. The maximum Gasteiger partial charge on any atom is 0.134 e. The zero-order valence-corrected chi connectivity index (χ0v) is 11.4. The lowest BCUT2D eigenvalue weighted by atomic mass is 10.00. The molecule has 1 fully saturated rings. The van der Waals surface area contributed by atoms with Crippen molar-refractivity contribution in [3.8, 4) is 0 Å². The second-order valence-corrected chi connectivity index (χ2v) is 5.62. The Balaban J connectivity index is 1.56. The number of anilines is 2. The normalized spacial score (nSPS) is 17.7. The van der Waals surface area contributed by atoms with E-state index in [9.17, 15) is 0 Å². The molecule has 0 radical (unpaired) electrons. The Morgan fingerprint density at radius 1 is 1.10 bits per heavy atom. The number of hydrogen-bond acceptors (Lipinski definition) is 4. The van der Waals surface area contributed by atoms with Crippen LogP contribution in [0, 0.1) is 0 Å². The van der Waals surface area contributed by atoms with Crippen molar-refractivity contribution in [2.75, 3.05) is 16.8 Å². The molecule has 2 aromatic rings. The number of rotatable bonds is 3. The van der Waals surface area contributed by atoms with E-state index in [1.165, 1.54) is 24.0 Å². The maximum absolute atomic E-state index is 4.44. The predicted molar refractivity (Wildman–Crippen MR) is 79.9 cm³/mol. The SMILES string of the molecule is c1ccc2c(c1)CCN(c1cc(NC3CC3)ncn1)C2. The van der Waals surface area contributed by atoms with E-state index in [1.807, 2.05) is 0 Å². The number of nitrogens with zero attached hydrogens (tertiary/aromatic N) is 3. The average molecular weight is 266 g/mol. The molecule has 0 bridgehead atoms. The molecule has 1 aromatic heterocycles. The fourth-order valence-electron chi connectivity index (χ4n) is 2.73. The van der Waals surface area contributed by atoms with Gasteiger partial charge < -0.3 is 10.2 Å². The molecule has 102 valence electrons. The lowest BCUT2D eigenvalue weighted by Gasteiger charge is -2.29. The maximum atomic E-state index is 4.44. The Labute approximate surface area is 118 Å². The summed E-state index contributed by atoms with van der Waals surface area (Å²) < 4.78 is 0. The quantitative estimate of drug-likeness (QED) is 0.927. The lowest BCUT2D eigenvalue weighted by molar-refractivity contribution is 0.719. The summed E-state index contributed by atoms with van der Waals surface area (Å²) in [6.45, 7) is 1.97. The molecule has 1 aromatic carbocycles. The Morgan fingerprint density at radius 3 is 2.80 bits per heavy atom. The van der Waals surface area contributed by atoms with Crippen LogP contribution < -0.4 is 10.2 Å². The first-order valence-electron chi connectivity index (χ1n) is 7.29. The minimum atomic E-state index is 0.625. The summed E-state index contributed by atoms with van der Waals surface area (Å²) in [7, 11) is 0. The van der Waals surface area contributed by atoms with Crippen LogP contribution in [-0.4, -0.2) is 22.6 Å². The van der Waals surface area contributed by atoms with E-state index in [1.54, 1.807) is 6.33 Å². The smallest absolute Gasteiger partial charge is 0.134 e. The minimum absolute atomic E-state index is 0.625. The summed E-state index contributed by atoms with van der Waals surface area (Å²) >= 11 is 0. The van der Waals surface area contributed by atoms with Crippen molar-refractivity contribution >= 4 is 11.6 Å². The van der Waals surface area contributed by atoms with Crippen LogP contribution in [0.3, 0.4) is 0 Å². The van der Waals surface area contributed by atoms with Gasteiger partial charge in [0.25, 0.3) is 0 Å². The Morgan fingerprint density at radius 2 is 1.95 bits per heavy atom. The zero-order valence-electron chi connectivity index (χ0n) is 11.4. The number of benzene rings is 1. The molecule has 4 rings (SSSR count). The van der Waals surface area contributed by atoms with E-state index >= 15 is 0 Å². The standard InChI is InChI=1S/C16H18N4/c1-2-4-13-10-20(8-7-12(13)3-1)16-9-15(17-11-18-16)19-14-5-6-14/h1-4,9,11,14H,5-8,10H2,(H,17,18,19). The third-order valence-electron chi connectivity index (χ3n) is 4.04. The van der Waals surface area contributed by atoms with E-state index in [4.69, 9.17) is 0 Å². The summed E-state index contributed by atoms with van der Waals surface area (Å²) in [5.74, 6) is 1.98. The first-order chi connectivity index (χ1) is 9.88. The van der Waals surface area contributed by atoms with Gasteiger partial charge in [-0.25, -0.2) is 9.97 Å². The van der Waals surface area contributed by atoms with Gasteiger partial charge in [-0.2, -0.15) is 0 Å². The Bertz CT molecular complexity index is 621. The van der Waals surface area contributed by atoms with Crippen LogP contribution in [0.15, 0.2) is 36.7 Å². The van der Waals surface area contributed by atoms with Gasteiger partial charge in [-0.05, 0) is 30.4 Å². The van der Waals surface area contributed by atoms with E-state index in [2.05, 4.69) is 50.5 Å². The first kappa shape index (κ1) is 11.7. The summed E-state index contributed by atoms with van der Waals surface area (Å²) in [6.07, 6.45) is 5.28. The van der Waals surface area contributed by atoms with Crippen molar-refractivity contribution in [1.29, 1.82) is 0 Å². The van der Waals surface area contributed by atoms with Gasteiger partial charge in [0, 0.05) is 25.2 Å². The zero-order chi connectivity index (χ0) is 13.4. The lowest BCUT2D eigenvalue weighted by Crippen LogP contribution is -2.31. The average Bonchev–Trinajstić information content (AvgIpc) is 3.31. The summed E-state index contributed by atoms with van der Waals surface area (Å²) in [6, 6.07) is 11.4. The molecule has 2 aliphatic rings. The van der Waals surface area contributed by atoms with Gasteiger partial charge in [-0.3, -0.25) is 0 Å². The second-order valence-electron chi connectivity index (χ2n) is 5.62. The van der Waals surface area contributed by atoms with E-state index in [-0.39, 0.29) is 0 Å². The van der Waals surface area contributed by atoms with Crippen molar-refractivity contribution in [2.24, 2.45) is 0 Å². The molecule has 0 unspecified atom stereocenters. The molecule has 20 heavy (non-hydrogen) atoms. The van der Waals surface area contributed by atoms with Gasteiger partial charge in [-0.15, -0.1) is 0 Å². The molecule has 0 saturated heterocycles. The van der Waals surface area contributed by atoms with Crippen molar-refractivity contribution in [1.82, 2.24) is 9.97 Å². The Kier molecular flexibility index (Phi) is 2.80. The fourth-order valence-corrected chi connectivity index (χ4v) is 2.73. The van der Waals surface area contributed by atoms with E-state index < -0.39 is 0 Å². The van der Waals surface area contributed by atoms with Gasteiger partial charge >= 0.3 is 0 Å². The number of fused-ring (bicyclic) bond motifs is 1. The third kappa shape index (κ3) is 2.33. The van der Waals surface area contributed by atoms with Crippen molar-refractivity contribution in [2.45, 2.75) is 31.8 Å². The number of aromatic nitrogens is 2. The molecule has 1 N–H and O–H groups in total. The van der Waals surface area contributed by atoms with Gasteiger partial charge in [0.15, 0.2) is 0 Å². The van der Waals surface area contributed by atoms with E-state index in [0.717, 1.165) is 31.1 Å². The molecule has 1 saturated carbocycles. The molecule has 4 heteroatoms. The molecule has 1 aliphatic heterocycles. The minimum Gasteiger partial charge on any atom is -0.367 e. The van der Waals surface area contributed by atoms with Gasteiger partial charge in [-0.1, -0.05) is 24.3 Å². The molecular formula is C16H18N4. The predicted octanol–water partition coefficient (Wildman–Crippen LogP) is 2.61. The number of hydrogen-bond donors (Lipinski definition) is 1. The fraction of sp³-hybridized carbons (Fsp3) is 0.375. The van der Waals surface area contributed by atoms with Crippen LogP contribution in [0.25, 0.3) is 0 Å².